The second-order valence-corrected chi connectivity index (χ2v) is 9.16. The number of aromatic nitrogens is 1. The van der Waals surface area contributed by atoms with Gasteiger partial charge in [-0.15, -0.1) is 11.3 Å². The fourth-order valence-corrected chi connectivity index (χ4v) is 4.89. The molecule has 30 heavy (non-hydrogen) atoms. The summed E-state index contributed by atoms with van der Waals surface area (Å²) in [6, 6.07) is 7.77. The highest BCUT2D eigenvalue weighted by Crippen LogP contribution is 2.34. The van der Waals surface area contributed by atoms with Gasteiger partial charge in [0.05, 0.1) is 23.9 Å². The lowest BCUT2D eigenvalue weighted by atomic mass is 10.2. The molecule has 1 fully saturated rings. The van der Waals surface area contributed by atoms with E-state index in [1.165, 1.54) is 0 Å². The smallest absolute Gasteiger partial charge is 0.257 e. The molecular formula is C22H24BrN3O3S. The Morgan fingerprint density at radius 1 is 1.23 bits per heavy atom. The number of halogens is 1. The van der Waals surface area contributed by atoms with Crippen molar-refractivity contribution in [3.05, 3.63) is 56.9 Å². The Hall–Kier alpha value is -2.16. The molecule has 1 aliphatic heterocycles. The molecule has 2 aromatic heterocycles. The van der Waals surface area contributed by atoms with E-state index in [0.717, 1.165) is 51.9 Å². The minimum atomic E-state index is 0.0571. The van der Waals surface area contributed by atoms with Crippen molar-refractivity contribution in [3.63, 3.8) is 0 Å². The van der Waals surface area contributed by atoms with Crippen LogP contribution < -0.4 is 4.74 Å². The van der Waals surface area contributed by atoms with Crippen molar-refractivity contribution in [2.75, 3.05) is 33.3 Å². The topological polar surface area (TPSA) is 58.8 Å². The van der Waals surface area contributed by atoms with E-state index in [1.54, 1.807) is 18.4 Å². The van der Waals surface area contributed by atoms with E-state index >= 15 is 0 Å². The summed E-state index contributed by atoms with van der Waals surface area (Å²) in [4.78, 5) is 21.8. The minimum absolute atomic E-state index is 0.0571. The fourth-order valence-electron chi connectivity index (χ4n) is 3.70. The lowest BCUT2D eigenvalue weighted by Gasteiger charge is -2.34. The molecule has 0 aliphatic carbocycles. The van der Waals surface area contributed by atoms with Crippen LogP contribution in [0.4, 0.5) is 0 Å². The number of nitrogens with zero attached hydrogens (tertiary/aromatic N) is 3. The summed E-state index contributed by atoms with van der Waals surface area (Å²) in [6.07, 6.45) is 0. The number of hydrogen-bond donors (Lipinski definition) is 0. The lowest BCUT2D eigenvalue weighted by Crippen LogP contribution is -2.48. The highest BCUT2D eigenvalue weighted by Gasteiger charge is 2.25. The summed E-state index contributed by atoms with van der Waals surface area (Å²) in [7, 11) is 1.67. The van der Waals surface area contributed by atoms with Crippen LogP contribution >= 0.6 is 27.3 Å². The quantitative estimate of drug-likeness (QED) is 0.517. The number of thiazole rings is 1. The first-order valence-electron chi connectivity index (χ1n) is 9.81. The van der Waals surface area contributed by atoms with E-state index in [1.807, 2.05) is 43.0 Å². The number of hydrogen-bond acceptors (Lipinski definition) is 6. The first-order valence-corrected chi connectivity index (χ1v) is 11.5. The van der Waals surface area contributed by atoms with Crippen LogP contribution in [0.15, 0.2) is 38.5 Å². The van der Waals surface area contributed by atoms with E-state index < -0.39 is 0 Å². The number of ether oxygens (including phenoxy) is 1. The van der Waals surface area contributed by atoms with Crippen LogP contribution in [0.25, 0.3) is 10.6 Å². The van der Waals surface area contributed by atoms with Gasteiger partial charge < -0.3 is 14.1 Å². The number of piperazine rings is 1. The van der Waals surface area contributed by atoms with E-state index in [-0.39, 0.29) is 5.91 Å². The fraction of sp³-hybridized carbons (Fsp3) is 0.364. The van der Waals surface area contributed by atoms with Gasteiger partial charge in [-0.1, -0.05) is 15.9 Å². The Bertz CT molecular complexity index is 1050. The zero-order chi connectivity index (χ0) is 21.3. The Labute approximate surface area is 188 Å². The normalized spacial score (nSPS) is 14.9. The predicted octanol–water partition coefficient (Wildman–Crippen LogP) is 4.75. The van der Waals surface area contributed by atoms with Gasteiger partial charge in [0.15, 0.2) is 0 Å². The maximum absolute atomic E-state index is 12.8. The highest BCUT2D eigenvalue weighted by molar-refractivity contribution is 9.10. The van der Waals surface area contributed by atoms with Crippen LogP contribution in [0.3, 0.4) is 0 Å². The molecule has 0 atom stereocenters. The van der Waals surface area contributed by atoms with Crippen molar-refractivity contribution in [2.24, 2.45) is 0 Å². The van der Waals surface area contributed by atoms with Crippen molar-refractivity contribution >= 4 is 33.2 Å². The van der Waals surface area contributed by atoms with E-state index in [4.69, 9.17) is 14.1 Å². The Balaban J connectivity index is 1.38. The van der Waals surface area contributed by atoms with Gasteiger partial charge in [-0.3, -0.25) is 9.69 Å². The molecular weight excluding hydrogens is 466 g/mol. The summed E-state index contributed by atoms with van der Waals surface area (Å²) < 4.78 is 12.0. The van der Waals surface area contributed by atoms with Crippen molar-refractivity contribution in [1.29, 1.82) is 0 Å². The van der Waals surface area contributed by atoms with Crippen LogP contribution in [0.5, 0.6) is 5.75 Å². The molecule has 1 saturated heterocycles. The van der Waals surface area contributed by atoms with Crippen molar-refractivity contribution in [1.82, 2.24) is 14.8 Å². The molecule has 0 saturated carbocycles. The first-order chi connectivity index (χ1) is 14.4. The van der Waals surface area contributed by atoms with Crippen LogP contribution in [0.2, 0.25) is 0 Å². The third-order valence-corrected chi connectivity index (χ3v) is 6.68. The first kappa shape index (κ1) is 21.1. The van der Waals surface area contributed by atoms with Gasteiger partial charge >= 0.3 is 0 Å². The average molecular weight is 490 g/mol. The zero-order valence-electron chi connectivity index (χ0n) is 17.3. The number of aryl methyl sites for hydroxylation is 2. The third-order valence-electron chi connectivity index (χ3n) is 5.26. The van der Waals surface area contributed by atoms with Gasteiger partial charge in [0, 0.05) is 42.6 Å². The molecule has 1 amide bonds. The van der Waals surface area contributed by atoms with Gasteiger partial charge in [0.2, 0.25) is 0 Å². The Kier molecular flexibility index (Phi) is 6.26. The lowest BCUT2D eigenvalue weighted by molar-refractivity contribution is 0.0625. The summed E-state index contributed by atoms with van der Waals surface area (Å²) >= 11 is 5.15. The average Bonchev–Trinajstić information content (AvgIpc) is 3.33. The monoisotopic (exact) mass is 489 g/mol. The molecule has 4 rings (SSSR count). The molecule has 0 spiro atoms. The molecule has 6 nitrogen and oxygen atoms in total. The van der Waals surface area contributed by atoms with Crippen LogP contribution in [0, 0.1) is 13.8 Å². The van der Waals surface area contributed by atoms with Gasteiger partial charge in [-0.05, 0) is 38.1 Å². The third kappa shape index (κ3) is 4.45. The molecule has 8 heteroatoms. The number of carbonyl (C=O) groups excluding carboxylic acids is 1. The maximum atomic E-state index is 12.8. The molecule has 3 heterocycles. The highest BCUT2D eigenvalue weighted by atomic mass is 79.9. The standard InChI is InChI=1S/C22H24BrN3O3S/c1-14-10-18(15(2)29-14)22(27)26-8-6-25(7-9-26)12-17-13-30-21(24-17)19-11-16(23)4-5-20(19)28-3/h4-5,10-11,13H,6-9,12H2,1-3H3. The number of carbonyl (C=O) groups is 1. The van der Waals surface area contributed by atoms with E-state index in [0.29, 0.717) is 24.4 Å². The minimum Gasteiger partial charge on any atom is -0.496 e. The molecule has 0 N–H and O–H groups in total. The molecule has 1 aliphatic rings. The molecule has 1 aromatic carbocycles. The maximum Gasteiger partial charge on any atom is 0.257 e. The number of furan rings is 1. The van der Waals surface area contributed by atoms with Gasteiger partial charge in [0.25, 0.3) is 5.91 Å². The molecule has 0 bridgehead atoms. The zero-order valence-corrected chi connectivity index (χ0v) is 19.7. The SMILES string of the molecule is COc1ccc(Br)cc1-c1nc(CN2CCN(C(=O)c3cc(C)oc3C)CC2)cs1. The molecule has 0 unspecified atom stereocenters. The summed E-state index contributed by atoms with van der Waals surface area (Å²) in [6.45, 7) is 7.56. The number of methoxy groups -OCH3 is 1. The van der Waals surface area contributed by atoms with Crippen molar-refractivity contribution in [3.8, 4) is 16.3 Å². The second kappa shape index (κ2) is 8.91. The van der Waals surface area contributed by atoms with Crippen LogP contribution in [0.1, 0.15) is 27.6 Å². The summed E-state index contributed by atoms with van der Waals surface area (Å²) in [5.41, 5.74) is 2.70. The van der Waals surface area contributed by atoms with Gasteiger partial charge in [-0.2, -0.15) is 0 Å². The van der Waals surface area contributed by atoms with E-state index in [2.05, 4.69) is 26.2 Å². The summed E-state index contributed by atoms with van der Waals surface area (Å²) in [5, 5.41) is 3.05. The van der Waals surface area contributed by atoms with Crippen molar-refractivity contribution in [2.45, 2.75) is 20.4 Å². The van der Waals surface area contributed by atoms with Crippen LogP contribution in [-0.4, -0.2) is 54.0 Å². The largest absolute Gasteiger partial charge is 0.496 e. The Morgan fingerprint density at radius 2 is 2.00 bits per heavy atom. The summed E-state index contributed by atoms with van der Waals surface area (Å²) in [5.74, 6) is 2.34. The van der Waals surface area contributed by atoms with Gasteiger partial charge in [-0.25, -0.2) is 4.98 Å². The van der Waals surface area contributed by atoms with Gasteiger partial charge in [0.1, 0.15) is 22.3 Å². The number of rotatable bonds is 5. The van der Waals surface area contributed by atoms with Crippen molar-refractivity contribution < 1.29 is 13.9 Å². The molecule has 0 radical (unpaired) electrons. The number of amides is 1. The number of benzene rings is 1. The second-order valence-electron chi connectivity index (χ2n) is 7.38. The van der Waals surface area contributed by atoms with Crippen LogP contribution in [-0.2, 0) is 6.54 Å². The molecule has 158 valence electrons. The predicted molar refractivity (Wildman–Crippen MR) is 121 cm³/mol. The molecule has 3 aromatic rings. The van der Waals surface area contributed by atoms with E-state index in [9.17, 15) is 4.79 Å². The Morgan fingerprint density at radius 3 is 2.67 bits per heavy atom.